The number of pyridine rings is 1. The summed E-state index contributed by atoms with van der Waals surface area (Å²) < 4.78 is 42.3. The number of halogens is 3. The Morgan fingerprint density at radius 1 is 1.06 bits per heavy atom. The second-order valence-corrected chi connectivity index (χ2v) is 6.99. The topological polar surface area (TPSA) is 51.0 Å². The zero-order chi connectivity index (χ0) is 22.2. The van der Waals surface area contributed by atoms with Gasteiger partial charge in [0.05, 0.1) is 28.4 Å². The van der Waals surface area contributed by atoms with Gasteiger partial charge in [-0.25, -0.2) is 4.98 Å². The molecule has 0 spiro atoms. The zero-order valence-electron chi connectivity index (χ0n) is 16.9. The molecular formula is C23H19F3N4O. The maximum atomic E-state index is 13.6. The van der Waals surface area contributed by atoms with Crippen LogP contribution < -0.4 is 4.90 Å². The van der Waals surface area contributed by atoms with Crippen LogP contribution in [0.4, 0.5) is 18.9 Å². The number of carbonyl (C=O) groups is 1. The molecule has 5 nitrogen and oxygen atoms in total. The van der Waals surface area contributed by atoms with Gasteiger partial charge in [0, 0.05) is 24.8 Å². The van der Waals surface area contributed by atoms with E-state index in [-0.39, 0.29) is 22.7 Å². The van der Waals surface area contributed by atoms with E-state index in [4.69, 9.17) is 0 Å². The van der Waals surface area contributed by atoms with Crippen LogP contribution in [0.15, 0.2) is 66.9 Å². The van der Waals surface area contributed by atoms with Crippen molar-refractivity contribution in [2.24, 2.45) is 7.05 Å². The smallest absolute Gasteiger partial charge is 0.309 e. The van der Waals surface area contributed by atoms with Crippen molar-refractivity contribution in [2.75, 3.05) is 11.4 Å². The predicted molar refractivity (Wildman–Crippen MR) is 113 cm³/mol. The minimum atomic E-state index is -4.55. The Morgan fingerprint density at radius 2 is 1.74 bits per heavy atom. The van der Waals surface area contributed by atoms with Crippen molar-refractivity contribution in [2.45, 2.75) is 13.1 Å². The molecule has 0 fully saturated rings. The number of carbonyl (C=O) groups excluding carboxylic acids is 1. The van der Waals surface area contributed by atoms with Crippen molar-refractivity contribution < 1.29 is 18.0 Å². The van der Waals surface area contributed by atoms with E-state index in [1.54, 1.807) is 11.9 Å². The monoisotopic (exact) mass is 424 g/mol. The van der Waals surface area contributed by atoms with Gasteiger partial charge in [0.2, 0.25) is 0 Å². The second kappa shape index (κ2) is 7.86. The van der Waals surface area contributed by atoms with Crippen molar-refractivity contribution >= 4 is 22.6 Å². The van der Waals surface area contributed by atoms with E-state index in [0.29, 0.717) is 23.3 Å². The molecule has 0 saturated heterocycles. The van der Waals surface area contributed by atoms with Gasteiger partial charge in [-0.15, -0.1) is 0 Å². The Hall–Kier alpha value is -3.68. The number of amides is 1. The quantitative estimate of drug-likeness (QED) is 0.446. The largest absolute Gasteiger partial charge is 0.417 e. The Labute approximate surface area is 176 Å². The minimum absolute atomic E-state index is 0.0662. The van der Waals surface area contributed by atoms with Gasteiger partial charge in [0.1, 0.15) is 0 Å². The van der Waals surface area contributed by atoms with Crippen LogP contribution in [0.3, 0.4) is 0 Å². The van der Waals surface area contributed by atoms with Crippen LogP contribution in [0.25, 0.3) is 22.3 Å². The number of hydrogen-bond donors (Lipinski definition) is 0. The third-order valence-corrected chi connectivity index (χ3v) is 5.07. The summed E-state index contributed by atoms with van der Waals surface area (Å²) in [5.41, 5.74) is 0.447. The van der Waals surface area contributed by atoms with Gasteiger partial charge >= 0.3 is 6.18 Å². The summed E-state index contributed by atoms with van der Waals surface area (Å²) in [7, 11) is 1.64. The number of fused-ring (bicyclic) bond motifs is 1. The summed E-state index contributed by atoms with van der Waals surface area (Å²) in [5, 5.41) is 4.65. The maximum Gasteiger partial charge on any atom is 0.417 e. The first-order chi connectivity index (χ1) is 14.8. The molecule has 0 N–H and O–H groups in total. The van der Waals surface area contributed by atoms with Crippen LogP contribution in [0.5, 0.6) is 0 Å². The molecule has 4 aromatic rings. The SMILES string of the molecule is CCN(C(=O)c1cc(-c2ccccc2C(F)(F)F)nc2c1cnn2C)c1ccccc1. The lowest BCUT2D eigenvalue weighted by molar-refractivity contribution is -0.137. The second-order valence-electron chi connectivity index (χ2n) is 6.99. The first-order valence-electron chi connectivity index (χ1n) is 9.67. The van der Waals surface area contributed by atoms with E-state index < -0.39 is 11.7 Å². The number of para-hydroxylation sites is 1. The van der Waals surface area contributed by atoms with Crippen LogP contribution in [-0.4, -0.2) is 27.2 Å². The first kappa shape index (κ1) is 20.6. The Kier molecular flexibility index (Phi) is 5.22. The van der Waals surface area contributed by atoms with Crippen LogP contribution in [0.2, 0.25) is 0 Å². The number of nitrogens with zero attached hydrogens (tertiary/aromatic N) is 4. The number of anilines is 1. The molecule has 8 heteroatoms. The Bertz CT molecular complexity index is 1250. The van der Waals surface area contributed by atoms with E-state index in [2.05, 4.69) is 10.1 Å². The van der Waals surface area contributed by atoms with Crippen molar-refractivity contribution in [3.05, 3.63) is 78.0 Å². The molecule has 4 rings (SSSR count). The number of rotatable bonds is 4. The van der Waals surface area contributed by atoms with Crippen molar-refractivity contribution in [3.63, 3.8) is 0 Å². The number of aryl methyl sites for hydroxylation is 1. The molecule has 1 amide bonds. The van der Waals surface area contributed by atoms with Gasteiger partial charge in [-0.3, -0.25) is 9.48 Å². The lowest BCUT2D eigenvalue weighted by atomic mass is 10.0. The van der Waals surface area contributed by atoms with Gasteiger partial charge in [0.25, 0.3) is 5.91 Å². The van der Waals surface area contributed by atoms with Crippen molar-refractivity contribution in [1.82, 2.24) is 14.8 Å². The number of hydrogen-bond acceptors (Lipinski definition) is 3. The first-order valence-corrected chi connectivity index (χ1v) is 9.67. The summed E-state index contributed by atoms with van der Waals surface area (Å²) in [6.45, 7) is 2.23. The van der Waals surface area contributed by atoms with Gasteiger partial charge in [-0.05, 0) is 31.2 Å². The lowest BCUT2D eigenvalue weighted by Crippen LogP contribution is -2.30. The summed E-state index contributed by atoms with van der Waals surface area (Å²) in [6.07, 6.45) is -3.04. The molecule has 0 aliphatic heterocycles. The van der Waals surface area contributed by atoms with E-state index in [1.165, 1.54) is 35.1 Å². The van der Waals surface area contributed by atoms with Gasteiger partial charge < -0.3 is 4.90 Å². The van der Waals surface area contributed by atoms with Crippen molar-refractivity contribution in [3.8, 4) is 11.3 Å². The molecule has 0 aliphatic carbocycles. The molecule has 0 bridgehead atoms. The summed E-state index contributed by atoms with van der Waals surface area (Å²) >= 11 is 0. The maximum absolute atomic E-state index is 13.6. The summed E-state index contributed by atoms with van der Waals surface area (Å²) in [4.78, 5) is 19.5. The van der Waals surface area contributed by atoms with Crippen LogP contribution >= 0.6 is 0 Å². The molecule has 0 unspecified atom stereocenters. The highest BCUT2D eigenvalue weighted by atomic mass is 19.4. The molecule has 0 saturated carbocycles. The molecule has 0 atom stereocenters. The van der Waals surface area contributed by atoms with Crippen LogP contribution in [0.1, 0.15) is 22.8 Å². The lowest BCUT2D eigenvalue weighted by Gasteiger charge is -2.22. The van der Waals surface area contributed by atoms with E-state index in [0.717, 1.165) is 6.07 Å². The third-order valence-electron chi connectivity index (χ3n) is 5.07. The molecule has 2 aromatic carbocycles. The fraction of sp³-hybridized carbons (Fsp3) is 0.174. The molecule has 158 valence electrons. The van der Waals surface area contributed by atoms with Crippen molar-refractivity contribution in [1.29, 1.82) is 0 Å². The normalized spacial score (nSPS) is 11.6. The molecule has 2 aromatic heterocycles. The Balaban J connectivity index is 1.93. The van der Waals surface area contributed by atoms with Gasteiger partial charge in [-0.2, -0.15) is 18.3 Å². The van der Waals surface area contributed by atoms with Crippen LogP contribution in [0, 0.1) is 0 Å². The predicted octanol–water partition coefficient (Wildman–Crippen LogP) is 5.32. The molecule has 31 heavy (non-hydrogen) atoms. The van der Waals surface area contributed by atoms with Crippen LogP contribution in [-0.2, 0) is 13.2 Å². The number of benzene rings is 2. The zero-order valence-corrected chi connectivity index (χ0v) is 16.9. The number of aromatic nitrogens is 3. The average molecular weight is 424 g/mol. The molecule has 2 heterocycles. The highest BCUT2D eigenvalue weighted by molar-refractivity contribution is 6.13. The van der Waals surface area contributed by atoms with Gasteiger partial charge in [0.15, 0.2) is 5.65 Å². The number of alkyl halides is 3. The highest BCUT2D eigenvalue weighted by Gasteiger charge is 2.34. The minimum Gasteiger partial charge on any atom is -0.309 e. The fourth-order valence-electron chi connectivity index (χ4n) is 3.58. The summed E-state index contributed by atoms with van der Waals surface area (Å²) in [6, 6.07) is 15.7. The fourth-order valence-corrected chi connectivity index (χ4v) is 3.58. The van der Waals surface area contributed by atoms with E-state index >= 15 is 0 Å². The molecule has 0 aliphatic rings. The average Bonchev–Trinajstić information content (AvgIpc) is 3.14. The highest BCUT2D eigenvalue weighted by Crippen LogP contribution is 2.37. The molecular weight excluding hydrogens is 405 g/mol. The van der Waals surface area contributed by atoms with E-state index in [1.807, 2.05) is 37.3 Å². The van der Waals surface area contributed by atoms with E-state index in [9.17, 15) is 18.0 Å². The van der Waals surface area contributed by atoms with Gasteiger partial charge in [-0.1, -0.05) is 36.4 Å². The summed E-state index contributed by atoms with van der Waals surface area (Å²) in [5.74, 6) is -0.333. The standard InChI is InChI=1S/C23H19F3N4O/c1-3-30(15-9-5-4-6-10-15)22(31)17-13-20(28-21-18(17)14-27-29(21)2)16-11-7-8-12-19(16)23(24,25)26/h4-14H,3H2,1-2H3. The third kappa shape index (κ3) is 3.76. The Morgan fingerprint density at radius 3 is 2.42 bits per heavy atom. The molecule has 0 radical (unpaired) electrons.